The van der Waals surface area contributed by atoms with Gasteiger partial charge in [-0.1, -0.05) is 6.92 Å². The molecule has 118 valence electrons. The van der Waals surface area contributed by atoms with Gasteiger partial charge in [-0.2, -0.15) is 0 Å². The second-order valence-electron chi connectivity index (χ2n) is 6.15. The topological polar surface area (TPSA) is 45.3 Å². The predicted octanol–water partition coefficient (Wildman–Crippen LogP) is 3.03. The second kappa shape index (κ2) is 6.97. The summed E-state index contributed by atoms with van der Waals surface area (Å²) < 4.78 is 5.96. The van der Waals surface area contributed by atoms with Crippen molar-refractivity contribution in [2.45, 2.75) is 26.2 Å². The van der Waals surface area contributed by atoms with Crippen LogP contribution in [0.3, 0.4) is 0 Å². The summed E-state index contributed by atoms with van der Waals surface area (Å²) in [5, 5.41) is 1.64. The third-order valence-electron chi connectivity index (χ3n) is 4.48. The number of fused-ring (bicyclic) bond motifs is 1. The van der Waals surface area contributed by atoms with E-state index in [-0.39, 0.29) is 5.56 Å². The van der Waals surface area contributed by atoms with Crippen molar-refractivity contribution in [3.8, 4) is 5.75 Å². The zero-order valence-electron chi connectivity index (χ0n) is 13.2. The van der Waals surface area contributed by atoms with Gasteiger partial charge in [0.05, 0.1) is 6.61 Å². The summed E-state index contributed by atoms with van der Waals surface area (Å²) in [6.45, 7) is 6.60. The minimum absolute atomic E-state index is 0.0488. The molecule has 1 aliphatic rings. The molecule has 1 saturated heterocycles. The minimum Gasteiger partial charge on any atom is -0.493 e. The van der Waals surface area contributed by atoms with Gasteiger partial charge in [0.1, 0.15) is 5.75 Å². The van der Waals surface area contributed by atoms with Crippen molar-refractivity contribution in [2.75, 3.05) is 26.2 Å². The van der Waals surface area contributed by atoms with Crippen molar-refractivity contribution in [2.24, 2.45) is 5.92 Å². The number of rotatable bonds is 5. The van der Waals surface area contributed by atoms with Crippen LogP contribution in [0.25, 0.3) is 10.8 Å². The molecule has 22 heavy (non-hydrogen) atoms. The lowest BCUT2D eigenvalue weighted by Crippen LogP contribution is -2.35. The SMILES string of the molecule is CCCN1CCC(COc2ccc3c(=O)[nH]ccc3c2)CC1. The first kappa shape index (κ1) is 15.1. The molecule has 2 heterocycles. The highest BCUT2D eigenvalue weighted by Crippen LogP contribution is 2.22. The van der Waals surface area contributed by atoms with Crippen LogP contribution in [0.5, 0.6) is 5.75 Å². The number of nitrogens with zero attached hydrogens (tertiary/aromatic N) is 1. The quantitative estimate of drug-likeness (QED) is 0.923. The van der Waals surface area contributed by atoms with Gasteiger partial charge in [-0.15, -0.1) is 0 Å². The summed E-state index contributed by atoms with van der Waals surface area (Å²) in [5.41, 5.74) is -0.0488. The fourth-order valence-corrected chi connectivity index (χ4v) is 3.17. The first-order valence-corrected chi connectivity index (χ1v) is 8.23. The van der Waals surface area contributed by atoms with E-state index in [1.165, 1.54) is 38.9 Å². The molecule has 1 aromatic heterocycles. The van der Waals surface area contributed by atoms with Crippen LogP contribution in [0.2, 0.25) is 0 Å². The molecule has 0 saturated carbocycles. The van der Waals surface area contributed by atoms with Crippen LogP contribution in [0.4, 0.5) is 0 Å². The number of nitrogens with one attached hydrogen (secondary N) is 1. The molecule has 0 bridgehead atoms. The zero-order chi connectivity index (χ0) is 15.4. The lowest BCUT2D eigenvalue weighted by Gasteiger charge is -2.31. The van der Waals surface area contributed by atoms with Gasteiger partial charge >= 0.3 is 0 Å². The van der Waals surface area contributed by atoms with E-state index in [1.54, 1.807) is 6.20 Å². The molecule has 2 aromatic rings. The van der Waals surface area contributed by atoms with Crippen LogP contribution in [0, 0.1) is 5.92 Å². The molecular weight excluding hydrogens is 276 g/mol. The smallest absolute Gasteiger partial charge is 0.255 e. The molecule has 1 fully saturated rings. The van der Waals surface area contributed by atoms with Gasteiger partial charge in [0, 0.05) is 11.6 Å². The van der Waals surface area contributed by atoms with Gasteiger partial charge in [-0.3, -0.25) is 4.79 Å². The Labute approximate surface area is 131 Å². The first-order chi connectivity index (χ1) is 10.8. The van der Waals surface area contributed by atoms with Crippen LogP contribution in [-0.4, -0.2) is 36.1 Å². The summed E-state index contributed by atoms with van der Waals surface area (Å²) in [4.78, 5) is 16.9. The summed E-state index contributed by atoms with van der Waals surface area (Å²) in [7, 11) is 0. The average molecular weight is 300 g/mol. The molecule has 4 nitrogen and oxygen atoms in total. The fourth-order valence-electron chi connectivity index (χ4n) is 3.17. The van der Waals surface area contributed by atoms with Crippen LogP contribution in [-0.2, 0) is 0 Å². The maximum absolute atomic E-state index is 11.7. The van der Waals surface area contributed by atoms with Crippen molar-refractivity contribution in [3.63, 3.8) is 0 Å². The average Bonchev–Trinajstić information content (AvgIpc) is 2.55. The third-order valence-corrected chi connectivity index (χ3v) is 4.48. The molecule has 0 radical (unpaired) electrons. The number of H-pyrrole nitrogens is 1. The normalized spacial score (nSPS) is 17.0. The number of pyridine rings is 1. The Balaban J connectivity index is 1.57. The summed E-state index contributed by atoms with van der Waals surface area (Å²) in [5.74, 6) is 1.50. The van der Waals surface area contributed by atoms with Crippen molar-refractivity contribution < 1.29 is 4.74 Å². The molecule has 1 aliphatic heterocycles. The van der Waals surface area contributed by atoms with Crippen LogP contribution in [0.15, 0.2) is 35.3 Å². The number of aromatic nitrogens is 1. The maximum Gasteiger partial charge on any atom is 0.255 e. The Bertz CT molecular complexity index is 672. The number of hydrogen-bond acceptors (Lipinski definition) is 3. The number of piperidine rings is 1. The highest BCUT2D eigenvalue weighted by molar-refractivity contribution is 5.82. The van der Waals surface area contributed by atoms with E-state index < -0.39 is 0 Å². The minimum atomic E-state index is -0.0488. The molecule has 4 heteroatoms. The fraction of sp³-hybridized carbons (Fsp3) is 0.500. The highest BCUT2D eigenvalue weighted by atomic mass is 16.5. The standard InChI is InChI=1S/C18H24N2O2/c1-2-9-20-10-6-14(7-11-20)13-22-16-3-4-17-15(12-16)5-8-19-18(17)21/h3-5,8,12,14H,2,6-7,9-11,13H2,1H3,(H,19,21). The molecule has 1 N–H and O–H groups in total. The van der Waals surface area contributed by atoms with Gasteiger partial charge in [0.15, 0.2) is 0 Å². The Morgan fingerprint density at radius 1 is 1.27 bits per heavy atom. The second-order valence-corrected chi connectivity index (χ2v) is 6.15. The summed E-state index contributed by atoms with van der Waals surface area (Å²) in [6, 6.07) is 7.60. The highest BCUT2D eigenvalue weighted by Gasteiger charge is 2.19. The van der Waals surface area contributed by atoms with Gasteiger partial charge < -0.3 is 14.6 Å². The molecule has 0 spiro atoms. The van der Waals surface area contributed by atoms with Gasteiger partial charge in [-0.25, -0.2) is 0 Å². The number of likely N-dealkylation sites (tertiary alicyclic amines) is 1. The molecule has 0 amide bonds. The molecular formula is C18H24N2O2. The van der Waals surface area contributed by atoms with Crippen molar-refractivity contribution in [3.05, 3.63) is 40.8 Å². The molecule has 1 aromatic carbocycles. The Kier molecular flexibility index (Phi) is 4.78. The van der Waals surface area contributed by atoms with E-state index in [0.717, 1.165) is 17.7 Å². The van der Waals surface area contributed by atoms with Gasteiger partial charge in [-0.05, 0) is 74.5 Å². The van der Waals surface area contributed by atoms with E-state index in [1.807, 2.05) is 24.3 Å². The van der Waals surface area contributed by atoms with E-state index in [2.05, 4.69) is 16.8 Å². The van der Waals surface area contributed by atoms with Crippen molar-refractivity contribution in [1.29, 1.82) is 0 Å². The predicted molar refractivity (Wildman–Crippen MR) is 89.5 cm³/mol. The monoisotopic (exact) mass is 300 g/mol. The maximum atomic E-state index is 11.7. The Hall–Kier alpha value is -1.81. The Morgan fingerprint density at radius 3 is 2.86 bits per heavy atom. The van der Waals surface area contributed by atoms with Gasteiger partial charge in [0.25, 0.3) is 5.56 Å². The van der Waals surface area contributed by atoms with Crippen LogP contribution in [0.1, 0.15) is 26.2 Å². The third kappa shape index (κ3) is 3.50. The largest absolute Gasteiger partial charge is 0.493 e. The van der Waals surface area contributed by atoms with Crippen LogP contribution >= 0.6 is 0 Å². The lowest BCUT2D eigenvalue weighted by molar-refractivity contribution is 0.141. The van der Waals surface area contributed by atoms with Gasteiger partial charge in [0.2, 0.25) is 0 Å². The van der Waals surface area contributed by atoms with Crippen molar-refractivity contribution >= 4 is 10.8 Å². The molecule has 3 rings (SSSR count). The number of aromatic amines is 1. The van der Waals surface area contributed by atoms with E-state index in [0.29, 0.717) is 11.3 Å². The lowest BCUT2D eigenvalue weighted by atomic mass is 9.98. The zero-order valence-corrected chi connectivity index (χ0v) is 13.2. The van der Waals surface area contributed by atoms with E-state index in [9.17, 15) is 4.79 Å². The Morgan fingerprint density at radius 2 is 2.09 bits per heavy atom. The first-order valence-electron chi connectivity index (χ1n) is 8.23. The molecule has 0 atom stereocenters. The van der Waals surface area contributed by atoms with E-state index >= 15 is 0 Å². The summed E-state index contributed by atoms with van der Waals surface area (Å²) >= 11 is 0. The summed E-state index contributed by atoms with van der Waals surface area (Å²) in [6.07, 6.45) is 5.34. The number of ether oxygens (including phenoxy) is 1. The molecule has 0 unspecified atom stereocenters. The number of hydrogen-bond donors (Lipinski definition) is 1. The van der Waals surface area contributed by atoms with E-state index in [4.69, 9.17) is 4.74 Å². The van der Waals surface area contributed by atoms with Crippen LogP contribution < -0.4 is 10.3 Å². The van der Waals surface area contributed by atoms with Crippen molar-refractivity contribution in [1.82, 2.24) is 9.88 Å². The number of benzene rings is 1. The molecule has 0 aliphatic carbocycles.